The fourth-order valence-electron chi connectivity index (χ4n) is 2.79. The van der Waals surface area contributed by atoms with Gasteiger partial charge in [0.15, 0.2) is 0 Å². The number of nitrogens with zero attached hydrogens (tertiary/aromatic N) is 2. The predicted octanol–water partition coefficient (Wildman–Crippen LogP) is 3.61. The molecule has 0 amide bonds. The molecule has 1 heterocycles. The minimum Gasteiger partial charge on any atom is -0.397 e. The van der Waals surface area contributed by atoms with Gasteiger partial charge in [0.25, 0.3) is 0 Å². The highest BCUT2D eigenvalue weighted by molar-refractivity contribution is 5.77. The molecule has 0 aromatic heterocycles. The van der Waals surface area contributed by atoms with Gasteiger partial charge >= 0.3 is 0 Å². The molecule has 0 unspecified atom stereocenters. The van der Waals surface area contributed by atoms with E-state index in [0.29, 0.717) is 5.56 Å². The Hall–Kier alpha value is -2.47. The number of fused-ring (bicyclic) bond motifs is 1. The van der Waals surface area contributed by atoms with Crippen LogP contribution in [0.25, 0.3) is 0 Å². The van der Waals surface area contributed by atoms with E-state index in [1.807, 2.05) is 12.1 Å². The second-order valence-corrected chi connectivity index (χ2v) is 5.12. The van der Waals surface area contributed by atoms with E-state index < -0.39 is 0 Å². The fourth-order valence-corrected chi connectivity index (χ4v) is 2.79. The summed E-state index contributed by atoms with van der Waals surface area (Å²) in [5, 5.41) is 9.09. The highest BCUT2D eigenvalue weighted by Gasteiger charge is 2.18. The highest BCUT2D eigenvalue weighted by Crippen LogP contribution is 2.35. The molecule has 3 nitrogen and oxygen atoms in total. The number of hydrogen-bond acceptors (Lipinski definition) is 3. The van der Waals surface area contributed by atoms with Crippen molar-refractivity contribution in [2.45, 2.75) is 19.3 Å². The molecule has 0 spiro atoms. The molecule has 0 atom stereocenters. The minimum absolute atomic E-state index is 0.649. The SMILES string of the molecule is N#Cc1ccc(N)c(N2CCCCc3ccccc32)c1. The van der Waals surface area contributed by atoms with Gasteiger partial charge in [0.2, 0.25) is 0 Å². The molecule has 1 aliphatic heterocycles. The highest BCUT2D eigenvalue weighted by atomic mass is 15.1. The lowest BCUT2D eigenvalue weighted by atomic mass is 10.1. The lowest BCUT2D eigenvalue weighted by molar-refractivity contribution is 0.761. The van der Waals surface area contributed by atoms with Crippen molar-refractivity contribution >= 4 is 17.1 Å². The molecule has 0 bridgehead atoms. The number of benzene rings is 2. The number of anilines is 3. The van der Waals surface area contributed by atoms with E-state index in [9.17, 15) is 0 Å². The average Bonchev–Trinajstić information content (AvgIpc) is 2.70. The normalized spacial score (nSPS) is 14.2. The lowest BCUT2D eigenvalue weighted by Gasteiger charge is -2.26. The molecule has 1 aliphatic rings. The van der Waals surface area contributed by atoms with Crippen LogP contribution in [0.3, 0.4) is 0 Å². The van der Waals surface area contributed by atoms with Gasteiger partial charge in [-0.25, -0.2) is 0 Å². The Bertz CT molecular complexity index is 670. The molecular formula is C17H17N3. The van der Waals surface area contributed by atoms with Gasteiger partial charge in [-0.15, -0.1) is 0 Å². The standard InChI is InChI=1S/C17H17N3/c18-12-13-8-9-15(19)17(11-13)20-10-4-3-6-14-5-1-2-7-16(14)20/h1-2,5,7-9,11H,3-4,6,10,19H2. The van der Waals surface area contributed by atoms with Crippen molar-refractivity contribution < 1.29 is 0 Å². The Morgan fingerprint density at radius 1 is 1.05 bits per heavy atom. The minimum atomic E-state index is 0.649. The molecular weight excluding hydrogens is 246 g/mol. The zero-order valence-electron chi connectivity index (χ0n) is 11.3. The summed E-state index contributed by atoms with van der Waals surface area (Å²) in [4.78, 5) is 2.25. The molecule has 0 aliphatic carbocycles. The van der Waals surface area contributed by atoms with E-state index in [-0.39, 0.29) is 0 Å². The summed E-state index contributed by atoms with van der Waals surface area (Å²) in [6.07, 6.45) is 3.42. The van der Waals surface area contributed by atoms with Gasteiger partial charge in [0, 0.05) is 12.2 Å². The summed E-state index contributed by atoms with van der Waals surface area (Å²) < 4.78 is 0. The van der Waals surface area contributed by atoms with Crippen molar-refractivity contribution in [1.82, 2.24) is 0 Å². The molecule has 3 heteroatoms. The summed E-state index contributed by atoms with van der Waals surface area (Å²) in [6.45, 7) is 0.941. The zero-order chi connectivity index (χ0) is 13.9. The first-order valence-electron chi connectivity index (χ1n) is 6.94. The number of para-hydroxylation sites is 1. The van der Waals surface area contributed by atoms with Crippen LogP contribution in [0.2, 0.25) is 0 Å². The molecule has 20 heavy (non-hydrogen) atoms. The lowest BCUT2D eigenvalue weighted by Crippen LogP contribution is -2.19. The van der Waals surface area contributed by atoms with Crippen LogP contribution < -0.4 is 10.6 Å². The third-order valence-electron chi connectivity index (χ3n) is 3.81. The Morgan fingerprint density at radius 3 is 2.75 bits per heavy atom. The monoisotopic (exact) mass is 263 g/mol. The number of rotatable bonds is 1. The van der Waals surface area contributed by atoms with Crippen LogP contribution in [0.15, 0.2) is 42.5 Å². The van der Waals surface area contributed by atoms with Gasteiger partial charge in [0.05, 0.1) is 23.0 Å². The van der Waals surface area contributed by atoms with E-state index >= 15 is 0 Å². The van der Waals surface area contributed by atoms with E-state index in [4.69, 9.17) is 11.0 Å². The topological polar surface area (TPSA) is 53.1 Å². The third kappa shape index (κ3) is 2.21. The van der Waals surface area contributed by atoms with Crippen molar-refractivity contribution in [3.63, 3.8) is 0 Å². The third-order valence-corrected chi connectivity index (χ3v) is 3.81. The molecule has 100 valence electrons. The quantitative estimate of drug-likeness (QED) is 0.799. The van der Waals surface area contributed by atoms with Crippen LogP contribution in [0.4, 0.5) is 17.1 Å². The molecule has 2 N–H and O–H groups in total. The number of nitrogen functional groups attached to an aromatic ring is 1. The van der Waals surface area contributed by atoms with E-state index in [2.05, 4.69) is 35.2 Å². The first kappa shape index (κ1) is 12.6. The van der Waals surface area contributed by atoms with Crippen molar-refractivity contribution in [1.29, 1.82) is 5.26 Å². The smallest absolute Gasteiger partial charge is 0.0992 e. The summed E-state index contributed by atoms with van der Waals surface area (Å²) in [7, 11) is 0. The number of nitriles is 1. The molecule has 0 radical (unpaired) electrons. The fraction of sp³-hybridized carbons (Fsp3) is 0.235. The predicted molar refractivity (Wildman–Crippen MR) is 82.0 cm³/mol. The molecule has 3 rings (SSSR count). The van der Waals surface area contributed by atoms with Crippen LogP contribution in [0.5, 0.6) is 0 Å². The van der Waals surface area contributed by atoms with Crippen LogP contribution in [-0.2, 0) is 6.42 Å². The number of nitrogens with two attached hydrogens (primary N) is 1. The summed E-state index contributed by atoms with van der Waals surface area (Å²) in [6, 6.07) is 16.1. The van der Waals surface area contributed by atoms with Crippen LogP contribution >= 0.6 is 0 Å². The van der Waals surface area contributed by atoms with Crippen LogP contribution in [0.1, 0.15) is 24.0 Å². The van der Waals surface area contributed by atoms with Crippen molar-refractivity contribution in [3.05, 3.63) is 53.6 Å². The van der Waals surface area contributed by atoms with Crippen molar-refractivity contribution in [3.8, 4) is 6.07 Å². The molecule has 0 fully saturated rings. The van der Waals surface area contributed by atoms with Gasteiger partial charge < -0.3 is 10.6 Å². The Kier molecular flexibility index (Phi) is 3.30. The largest absolute Gasteiger partial charge is 0.397 e. The Morgan fingerprint density at radius 2 is 1.90 bits per heavy atom. The number of hydrogen-bond donors (Lipinski definition) is 1. The first-order chi connectivity index (χ1) is 9.79. The first-order valence-corrected chi connectivity index (χ1v) is 6.94. The zero-order valence-corrected chi connectivity index (χ0v) is 11.3. The van der Waals surface area contributed by atoms with Crippen molar-refractivity contribution in [2.75, 3.05) is 17.2 Å². The van der Waals surface area contributed by atoms with Gasteiger partial charge in [-0.3, -0.25) is 0 Å². The Balaban J connectivity index is 2.12. The maximum Gasteiger partial charge on any atom is 0.0992 e. The van der Waals surface area contributed by atoms with Gasteiger partial charge in [-0.1, -0.05) is 18.2 Å². The second-order valence-electron chi connectivity index (χ2n) is 5.12. The Labute approximate surface area is 119 Å². The van der Waals surface area contributed by atoms with Gasteiger partial charge in [-0.2, -0.15) is 5.26 Å². The molecule has 2 aromatic rings. The van der Waals surface area contributed by atoms with E-state index in [1.165, 1.54) is 17.7 Å². The average molecular weight is 263 g/mol. The van der Waals surface area contributed by atoms with Gasteiger partial charge in [0.1, 0.15) is 0 Å². The molecule has 0 saturated heterocycles. The maximum atomic E-state index is 9.09. The number of aryl methyl sites for hydroxylation is 1. The summed E-state index contributed by atoms with van der Waals surface area (Å²) in [5.41, 5.74) is 11.0. The van der Waals surface area contributed by atoms with Crippen LogP contribution in [0, 0.1) is 11.3 Å². The molecule has 2 aromatic carbocycles. The van der Waals surface area contributed by atoms with Crippen LogP contribution in [-0.4, -0.2) is 6.54 Å². The molecule has 0 saturated carbocycles. The van der Waals surface area contributed by atoms with Crippen molar-refractivity contribution in [2.24, 2.45) is 0 Å². The van der Waals surface area contributed by atoms with E-state index in [1.54, 1.807) is 6.07 Å². The maximum absolute atomic E-state index is 9.09. The second kappa shape index (κ2) is 5.26. The van der Waals surface area contributed by atoms with Gasteiger partial charge in [-0.05, 0) is 49.1 Å². The summed E-state index contributed by atoms with van der Waals surface area (Å²) in [5.74, 6) is 0. The van der Waals surface area contributed by atoms with E-state index in [0.717, 1.165) is 30.8 Å². The summed E-state index contributed by atoms with van der Waals surface area (Å²) >= 11 is 0.